The van der Waals surface area contributed by atoms with E-state index in [-0.39, 0.29) is 0 Å². The minimum atomic E-state index is 0.615. The van der Waals surface area contributed by atoms with Gasteiger partial charge in [-0.05, 0) is 44.5 Å². The van der Waals surface area contributed by atoms with Crippen LogP contribution in [0, 0.1) is 6.92 Å². The van der Waals surface area contributed by atoms with Crippen molar-refractivity contribution in [3.63, 3.8) is 0 Å². The molecule has 1 atom stereocenters. The fraction of sp³-hybridized carbons (Fsp3) is 0.625. The minimum Gasteiger partial charge on any atom is -0.373 e. The van der Waals surface area contributed by atoms with E-state index in [9.17, 15) is 0 Å². The number of nitrogens with two attached hydrogens (primary N) is 1. The monoisotopic (exact) mass is 261 g/mol. The van der Waals surface area contributed by atoms with Crippen LogP contribution in [0.25, 0.3) is 0 Å². The third-order valence-corrected chi connectivity index (χ3v) is 4.26. The fourth-order valence-corrected chi connectivity index (χ4v) is 3.18. The van der Waals surface area contributed by atoms with E-state index in [1.165, 1.54) is 36.2 Å². The van der Waals surface area contributed by atoms with Crippen LogP contribution in [-0.2, 0) is 6.54 Å². The SMILES string of the molecule is CCN1CCCC1CN(C)c1ccc(C)cc1CN. The van der Waals surface area contributed by atoms with E-state index in [4.69, 9.17) is 5.73 Å². The van der Waals surface area contributed by atoms with Crippen LogP contribution in [0.1, 0.15) is 30.9 Å². The highest BCUT2D eigenvalue weighted by atomic mass is 15.2. The quantitative estimate of drug-likeness (QED) is 0.883. The van der Waals surface area contributed by atoms with E-state index in [1.807, 2.05) is 0 Å². The molecule has 2 rings (SSSR count). The molecule has 1 fully saturated rings. The van der Waals surface area contributed by atoms with E-state index >= 15 is 0 Å². The Bertz CT molecular complexity index is 416. The molecule has 3 nitrogen and oxygen atoms in total. The molecule has 1 aromatic carbocycles. The lowest BCUT2D eigenvalue weighted by molar-refractivity contribution is 0.270. The average Bonchev–Trinajstić information content (AvgIpc) is 2.85. The van der Waals surface area contributed by atoms with Gasteiger partial charge in [0.25, 0.3) is 0 Å². The van der Waals surface area contributed by atoms with Gasteiger partial charge in [0.1, 0.15) is 0 Å². The lowest BCUT2D eigenvalue weighted by Crippen LogP contribution is -2.39. The molecule has 106 valence electrons. The van der Waals surface area contributed by atoms with Gasteiger partial charge in [-0.3, -0.25) is 4.90 Å². The van der Waals surface area contributed by atoms with Crippen molar-refractivity contribution in [2.75, 3.05) is 31.6 Å². The third kappa shape index (κ3) is 3.28. The third-order valence-electron chi connectivity index (χ3n) is 4.26. The van der Waals surface area contributed by atoms with Gasteiger partial charge >= 0.3 is 0 Å². The number of benzene rings is 1. The van der Waals surface area contributed by atoms with Crippen LogP contribution >= 0.6 is 0 Å². The molecule has 1 aliphatic heterocycles. The highest BCUT2D eigenvalue weighted by Gasteiger charge is 2.24. The normalized spacial score (nSPS) is 19.9. The smallest absolute Gasteiger partial charge is 0.0409 e. The Hall–Kier alpha value is -1.06. The first kappa shape index (κ1) is 14.4. The van der Waals surface area contributed by atoms with Gasteiger partial charge in [0.15, 0.2) is 0 Å². The summed E-state index contributed by atoms with van der Waals surface area (Å²) in [5, 5.41) is 0. The van der Waals surface area contributed by atoms with Crippen LogP contribution in [0.3, 0.4) is 0 Å². The van der Waals surface area contributed by atoms with Crippen LogP contribution in [-0.4, -0.2) is 37.6 Å². The lowest BCUT2D eigenvalue weighted by Gasteiger charge is -2.30. The van der Waals surface area contributed by atoms with Gasteiger partial charge in [0.2, 0.25) is 0 Å². The van der Waals surface area contributed by atoms with Crippen LogP contribution in [0.5, 0.6) is 0 Å². The molecular weight excluding hydrogens is 234 g/mol. The van der Waals surface area contributed by atoms with Crippen LogP contribution < -0.4 is 10.6 Å². The first-order valence-electron chi connectivity index (χ1n) is 7.40. The maximum absolute atomic E-state index is 5.88. The van der Waals surface area contributed by atoms with Crippen molar-refractivity contribution in [1.29, 1.82) is 0 Å². The number of hydrogen-bond donors (Lipinski definition) is 1. The van der Waals surface area contributed by atoms with Crippen molar-refractivity contribution < 1.29 is 0 Å². The van der Waals surface area contributed by atoms with Crippen molar-refractivity contribution in [1.82, 2.24) is 4.90 Å². The van der Waals surface area contributed by atoms with E-state index in [1.54, 1.807) is 0 Å². The summed E-state index contributed by atoms with van der Waals surface area (Å²) in [4.78, 5) is 4.97. The Morgan fingerprint density at radius 1 is 1.42 bits per heavy atom. The molecule has 0 radical (unpaired) electrons. The molecule has 1 unspecified atom stereocenters. The van der Waals surface area contributed by atoms with Crippen molar-refractivity contribution in [3.8, 4) is 0 Å². The van der Waals surface area contributed by atoms with Crippen molar-refractivity contribution in [2.45, 2.75) is 39.3 Å². The molecule has 0 aliphatic carbocycles. The maximum atomic E-state index is 5.88. The molecule has 1 aromatic rings. The number of aryl methyl sites for hydroxylation is 1. The van der Waals surface area contributed by atoms with Gasteiger partial charge in [-0.25, -0.2) is 0 Å². The van der Waals surface area contributed by atoms with Gasteiger partial charge < -0.3 is 10.6 Å². The van der Waals surface area contributed by atoms with Crippen LogP contribution in [0.4, 0.5) is 5.69 Å². The second-order valence-corrected chi connectivity index (χ2v) is 5.64. The first-order chi connectivity index (χ1) is 9.15. The summed E-state index contributed by atoms with van der Waals surface area (Å²) in [7, 11) is 2.19. The topological polar surface area (TPSA) is 32.5 Å². The van der Waals surface area contributed by atoms with Gasteiger partial charge in [-0.2, -0.15) is 0 Å². The van der Waals surface area contributed by atoms with Crippen molar-refractivity contribution in [3.05, 3.63) is 29.3 Å². The standard InChI is InChI=1S/C16H27N3/c1-4-19-9-5-6-15(19)12-18(3)16-8-7-13(2)10-14(16)11-17/h7-8,10,15H,4-6,9,11-12,17H2,1-3H3. The molecule has 0 aromatic heterocycles. The zero-order valence-corrected chi connectivity index (χ0v) is 12.5. The summed E-state index contributed by atoms with van der Waals surface area (Å²) < 4.78 is 0. The summed E-state index contributed by atoms with van der Waals surface area (Å²) >= 11 is 0. The number of rotatable bonds is 5. The zero-order valence-electron chi connectivity index (χ0n) is 12.5. The highest BCUT2D eigenvalue weighted by Crippen LogP contribution is 2.24. The Labute approximate surface area is 117 Å². The van der Waals surface area contributed by atoms with Gasteiger partial charge in [0, 0.05) is 31.9 Å². The predicted molar refractivity (Wildman–Crippen MR) is 82.6 cm³/mol. The Balaban J connectivity index is 2.09. The summed E-state index contributed by atoms with van der Waals surface area (Å²) in [5.41, 5.74) is 9.71. The average molecular weight is 261 g/mol. The summed E-state index contributed by atoms with van der Waals surface area (Å²) in [6.07, 6.45) is 2.66. The molecule has 0 amide bonds. The molecule has 3 heteroatoms. The fourth-order valence-electron chi connectivity index (χ4n) is 3.18. The second-order valence-electron chi connectivity index (χ2n) is 5.64. The van der Waals surface area contributed by atoms with Crippen LogP contribution in [0.15, 0.2) is 18.2 Å². The van der Waals surface area contributed by atoms with E-state index < -0.39 is 0 Å². The molecule has 1 aliphatic rings. The molecule has 0 bridgehead atoms. The Kier molecular flexibility index (Phi) is 4.83. The van der Waals surface area contributed by atoms with Gasteiger partial charge in [0.05, 0.1) is 0 Å². The number of likely N-dealkylation sites (N-methyl/N-ethyl adjacent to an activating group) is 2. The van der Waals surface area contributed by atoms with E-state index in [2.05, 4.69) is 48.9 Å². The Morgan fingerprint density at radius 3 is 2.89 bits per heavy atom. The molecule has 1 saturated heterocycles. The predicted octanol–water partition coefficient (Wildman–Crippen LogP) is 2.37. The summed E-state index contributed by atoms with van der Waals surface area (Å²) in [6.45, 7) is 8.52. The highest BCUT2D eigenvalue weighted by molar-refractivity contribution is 5.54. The summed E-state index contributed by atoms with van der Waals surface area (Å²) in [6, 6.07) is 7.29. The van der Waals surface area contributed by atoms with Gasteiger partial charge in [-0.15, -0.1) is 0 Å². The van der Waals surface area contributed by atoms with E-state index in [0.717, 1.165) is 13.1 Å². The maximum Gasteiger partial charge on any atom is 0.0409 e. The molecule has 19 heavy (non-hydrogen) atoms. The Morgan fingerprint density at radius 2 is 2.21 bits per heavy atom. The number of likely N-dealkylation sites (tertiary alicyclic amines) is 1. The van der Waals surface area contributed by atoms with Gasteiger partial charge in [-0.1, -0.05) is 24.6 Å². The number of nitrogens with zero attached hydrogens (tertiary/aromatic N) is 2. The largest absolute Gasteiger partial charge is 0.373 e. The molecule has 0 saturated carbocycles. The number of hydrogen-bond acceptors (Lipinski definition) is 3. The summed E-state index contributed by atoms with van der Waals surface area (Å²) in [5.74, 6) is 0. The molecule has 0 spiro atoms. The van der Waals surface area contributed by atoms with Crippen LogP contribution in [0.2, 0.25) is 0 Å². The second kappa shape index (κ2) is 6.40. The molecular formula is C16H27N3. The zero-order chi connectivity index (χ0) is 13.8. The van der Waals surface area contributed by atoms with E-state index in [0.29, 0.717) is 12.6 Å². The lowest BCUT2D eigenvalue weighted by atomic mass is 10.1. The van der Waals surface area contributed by atoms with Crippen molar-refractivity contribution in [2.24, 2.45) is 5.73 Å². The first-order valence-corrected chi connectivity index (χ1v) is 7.40. The minimum absolute atomic E-state index is 0.615. The number of anilines is 1. The van der Waals surface area contributed by atoms with Crippen molar-refractivity contribution >= 4 is 5.69 Å². The molecule has 2 N–H and O–H groups in total. The molecule has 1 heterocycles.